The summed E-state index contributed by atoms with van der Waals surface area (Å²) in [4.78, 5) is 29.2. The second-order valence-electron chi connectivity index (χ2n) is 9.04. The Balaban J connectivity index is 1.64. The molecule has 0 fully saturated rings. The number of hydrogen-bond donors (Lipinski definition) is 1. The number of anilines is 1. The van der Waals surface area contributed by atoms with Crippen LogP contribution in [0.25, 0.3) is 10.9 Å². The van der Waals surface area contributed by atoms with Crippen LogP contribution >= 0.6 is 0 Å². The minimum absolute atomic E-state index is 0.120. The van der Waals surface area contributed by atoms with E-state index >= 15 is 0 Å². The summed E-state index contributed by atoms with van der Waals surface area (Å²) in [5.74, 6) is 0.260. The molecule has 1 aromatic heterocycles. The van der Waals surface area contributed by atoms with Crippen molar-refractivity contribution in [3.63, 3.8) is 0 Å². The predicted octanol–water partition coefficient (Wildman–Crippen LogP) is 4.75. The number of aryl methyl sites for hydroxylation is 1. The Kier molecular flexibility index (Phi) is 6.25. The molecule has 2 heterocycles. The molecular formula is C29H29N3O5. The molecule has 0 saturated heterocycles. The third-order valence-electron chi connectivity index (χ3n) is 7.04. The van der Waals surface area contributed by atoms with Crippen LogP contribution < -0.4 is 19.5 Å². The van der Waals surface area contributed by atoms with Crippen LogP contribution in [0.5, 0.6) is 17.2 Å². The highest BCUT2D eigenvalue weighted by atomic mass is 16.5. The quantitative estimate of drug-likeness (QED) is 0.414. The van der Waals surface area contributed by atoms with Crippen LogP contribution in [0.3, 0.4) is 0 Å². The van der Waals surface area contributed by atoms with Crippen LogP contribution in [0.4, 0.5) is 5.69 Å². The first-order valence-corrected chi connectivity index (χ1v) is 11.9. The molecule has 1 aliphatic rings. The van der Waals surface area contributed by atoms with E-state index in [-0.39, 0.29) is 11.8 Å². The first-order valence-electron chi connectivity index (χ1n) is 11.9. The Morgan fingerprint density at radius 2 is 1.51 bits per heavy atom. The molecule has 37 heavy (non-hydrogen) atoms. The minimum atomic E-state index is -0.663. The zero-order valence-corrected chi connectivity index (χ0v) is 21.4. The first-order chi connectivity index (χ1) is 17.9. The van der Waals surface area contributed by atoms with Gasteiger partial charge in [0.1, 0.15) is 0 Å². The molecular weight excluding hydrogens is 470 g/mol. The van der Waals surface area contributed by atoms with Gasteiger partial charge in [-0.2, -0.15) is 0 Å². The van der Waals surface area contributed by atoms with E-state index in [9.17, 15) is 9.59 Å². The van der Waals surface area contributed by atoms with E-state index < -0.39 is 12.0 Å². The maximum atomic E-state index is 14.1. The number of amides is 2. The molecule has 2 atom stereocenters. The molecule has 8 heteroatoms. The molecule has 0 unspecified atom stereocenters. The van der Waals surface area contributed by atoms with Crippen molar-refractivity contribution in [2.75, 3.05) is 33.7 Å². The number of benzene rings is 3. The van der Waals surface area contributed by atoms with Crippen LogP contribution in [0.15, 0.2) is 66.9 Å². The maximum Gasteiger partial charge on any atom is 0.254 e. The first kappa shape index (κ1) is 24.2. The Labute approximate surface area is 215 Å². The van der Waals surface area contributed by atoms with E-state index in [1.807, 2.05) is 60.3 Å². The number of hydrogen-bond acceptors (Lipinski definition) is 5. The van der Waals surface area contributed by atoms with Gasteiger partial charge in [-0.3, -0.25) is 9.59 Å². The number of carbonyl (C=O) groups excluding carboxylic acids is 2. The van der Waals surface area contributed by atoms with E-state index in [4.69, 9.17) is 14.2 Å². The SMILES string of the molecule is COc1cc(NC(=O)[C@@H]2c3ccccc3C(=O)N(C)[C@@H]2c2cn(C)c3ccccc23)cc(OC)c1OC. The fourth-order valence-electron chi connectivity index (χ4n) is 5.33. The zero-order chi connectivity index (χ0) is 26.3. The monoisotopic (exact) mass is 499 g/mol. The molecule has 4 aromatic rings. The van der Waals surface area contributed by atoms with Gasteiger partial charge in [0.05, 0.1) is 33.3 Å². The number of carbonyl (C=O) groups is 2. The molecule has 0 bridgehead atoms. The number of para-hydroxylation sites is 1. The maximum absolute atomic E-state index is 14.1. The number of likely N-dealkylation sites (N-methyl/N-ethyl adjacent to an activating group) is 1. The number of rotatable bonds is 6. The molecule has 0 aliphatic carbocycles. The van der Waals surface area contributed by atoms with Gasteiger partial charge in [0.25, 0.3) is 5.91 Å². The average Bonchev–Trinajstić information content (AvgIpc) is 3.25. The van der Waals surface area contributed by atoms with Crippen molar-refractivity contribution in [2.45, 2.75) is 12.0 Å². The number of methoxy groups -OCH3 is 3. The number of nitrogens with one attached hydrogen (secondary N) is 1. The topological polar surface area (TPSA) is 82.0 Å². The van der Waals surface area contributed by atoms with Crippen molar-refractivity contribution in [1.82, 2.24) is 9.47 Å². The van der Waals surface area contributed by atoms with Crippen LogP contribution in [0, 0.1) is 0 Å². The van der Waals surface area contributed by atoms with Gasteiger partial charge in [-0.05, 0) is 17.7 Å². The number of nitrogens with zero attached hydrogens (tertiary/aromatic N) is 2. The van der Waals surface area contributed by atoms with Gasteiger partial charge in [0.15, 0.2) is 11.5 Å². The highest BCUT2D eigenvalue weighted by molar-refractivity contribution is 6.05. The lowest BCUT2D eigenvalue weighted by Gasteiger charge is -2.39. The fourth-order valence-corrected chi connectivity index (χ4v) is 5.33. The largest absolute Gasteiger partial charge is 0.493 e. The minimum Gasteiger partial charge on any atom is -0.493 e. The Morgan fingerprint density at radius 3 is 2.19 bits per heavy atom. The molecule has 0 spiro atoms. The summed E-state index contributed by atoms with van der Waals surface area (Å²) in [6.07, 6.45) is 2.01. The summed E-state index contributed by atoms with van der Waals surface area (Å²) in [6.45, 7) is 0. The summed E-state index contributed by atoms with van der Waals surface area (Å²) in [5, 5.41) is 4.04. The third-order valence-corrected chi connectivity index (χ3v) is 7.04. The van der Waals surface area contributed by atoms with Crippen molar-refractivity contribution < 1.29 is 23.8 Å². The highest BCUT2D eigenvalue weighted by Crippen LogP contribution is 2.46. The molecule has 5 rings (SSSR count). The van der Waals surface area contributed by atoms with Gasteiger partial charge in [-0.15, -0.1) is 0 Å². The molecule has 0 radical (unpaired) electrons. The van der Waals surface area contributed by atoms with Crippen molar-refractivity contribution in [1.29, 1.82) is 0 Å². The summed E-state index contributed by atoms with van der Waals surface area (Å²) in [6, 6.07) is 18.2. The van der Waals surface area contributed by atoms with Gasteiger partial charge in [-0.1, -0.05) is 36.4 Å². The summed E-state index contributed by atoms with van der Waals surface area (Å²) >= 11 is 0. The smallest absolute Gasteiger partial charge is 0.254 e. The van der Waals surface area contributed by atoms with E-state index in [0.29, 0.717) is 34.1 Å². The third kappa shape index (κ3) is 3.94. The standard InChI is InChI=1S/C29H29N3O5/c1-31-16-21(18-10-8-9-13-22(18)31)26-25(19-11-6-7-12-20(19)29(34)32(26)2)28(33)30-17-14-23(35-3)27(37-5)24(15-17)36-4/h6-16,25-26H,1-5H3,(H,30,33)/t25-,26-/m1/s1. The summed E-state index contributed by atoms with van der Waals surface area (Å²) < 4.78 is 18.4. The van der Waals surface area contributed by atoms with Crippen molar-refractivity contribution in [2.24, 2.45) is 7.05 Å². The predicted molar refractivity (Wildman–Crippen MR) is 142 cm³/mol. The second-order valence-corrected chi connectivity index (χ2v) is 9.04. The van der Waals surface area contributed by atoms with Crippen molar-refractivity contribution in [3.8, 4) is 17.2 Å². The molecule has 8 nitrogen and oxygen atoms in total. The van der Waals surface area contributed by atoms with Crippen LogP contribution in [0.1, 0.15) is 33.4 Å². The van der Waals surface area contributed by atoms with Crippen molar-refractivity contribution in [3.05, 3.63) is 83.6 Å². The molecule has 190 valence electrons. The Hall–Kier alpha value is -4.46. The normalized spacial score (nSPS) is 16.9. The van der Waals surface area contributed by atoms with Crippen molar-refractivity contribution >= 4 is 28.4 Å². The van der Waals surface area contributed by atoms with Gasteiger partial charge in [-0.25, -0.2) is 0 Å². The lowest BCUT2D eigenvalue weighted by Crippen LogP contribution is -2.44. The van der Waals surface area contributed by atoms with Gasteiger partial charge in [0.2, 0.25) is 11.7 Å². The van der Waals surface area contributed by atoms with E-state index in [1.54, 1.807) is 30.1 Å². The number of aromatic nitrogens is 1. The average molecular weight is 500 g/mol. The molecule has 2 amide bonds. The fraction of sp³-hybridized carbons (Fsp3) is 0.241. The zero-order valence-electron chi connectivity index (χ0n) is 21.4. The van der Waals surface area contributed by atoms with E-state index in [1.165, 1.54) is 21.3 Å². The Bertz CT molecular complexity index is 1480. The van der Waals surface area contributed by atoms with Gasteiger partial charge in [0, 0.05) is 60.1 Å². The summed E-state index contributed by atoms with van der Waals surface area (Å²) in [5.41, 5.74) is 3.64. The van der Waals surface area contributed by atoms with E-state index in [2.05, 4.69) is 5.32 Å². The van der Waals surface area contributed by atoms with Crippen LogP contribution in [0.2, 0.25) is 0 Å². The Morgan fingerprint density at radius 1 is 0.865 bits per heavy atom. The van der Waals surface area contributed by atoms with Crippen LogP contribution in [-0.4, -0.2) is 49.7 Å². The lowest BCUT2D eigenvalue weighted by molar-refractivity contribution is -0.119. The number of ether oxygens (including phenoxy) is 3. The molecule has 3 aromatic carbocycles. The summed E-state index contributed by atoms with van der Waals surface area (Å²) in [7, 11) is 8.30. The molecule has 1 aliphatic heterocycles. The molecule has 0 saturated carbocycles. The second kappa shape index (κ2) is 9.54. The van der Waals surface area contributed by atoms with Crippen LogP contribution in [-0.2, 0) is 11.8 Å². The highest BCUT2D eigenvalue weighted by Gasteiger charge is 2.43. The molecule has 1 N–H and O–H groups in total. The van der Waals surface area contributed by atoms with E-state index in [0.717, 1.165) is 16.5 Å². The lowest BCUT2D eigenvalue weighted by atomic mass is 9.79. The van der Waals surface area contributed by atoms with Gasteiger partial charge < -0.3 is 29.0 Å². The van der Waals surface area contributed by atoms with Gasteiger partial charge >= 0.3 is 0 Å². The number of fused-ring (bicyclic) bond motifs is 2.